The van der Waals surface area contributed by atoms with Crippen molar-refractivity contribution in [2.45, 2.75) is 33.1 Å². The van der Waals surface area contributed by atoms with Crippen LogP contribution in [0.15, 0.2) is 36.9 Å². The molecule has 0 aliphatic rings. The highest BCUT2D eigenvalue weighted by Gasteiger charge is 2.28. The second-order valence-corrected chi connectivity index (χ2v) is 4.90. The summed E-state index contributed by atoms with van der Waals surface area (Å²) in [4.78, 5) is 23.8. The van der Waals surface area contributed by atoms with E-state index in [1.807, 2.05) is 30.3 Å². The van der Waals surface area contributed by atoms with E-state index in [0.29, 0.717) is 12.8 Å². The first-order valence-electron chi connectivity index (χ1n) is 7.64. The van der Waals surface area contributed by atoms with Gasteiger partial charge in [-0.25, -0.2) is 0 Å². The zero-order valence-corrected chi connectivity index (χ0v) is 13.3. The van der Waals surface area contributed by atoms with Crippen LogP contribution in [0.1, 0.15) is 31.4 Å². The van der Waals surface area contributed by atoms with Gasteiger partial charge in [0, 0.05) is 0 Å². The third-order valence-corrected chi connectivity index (χ3v) is 3.27. The van der Waals surface area contributed by atoms with Crippen molar-refractivity contribution in [1.29, 1.82) is 0 Å². The molecule has 1 aromatic rings. The standard InChI is InChI=1S/C18H24O4/c1-4-7-14-8-10-15(11-9-14)12-13-16(17(19)21-5-2)18(20)22-6-3/h4,8-11,16H,1,5-7,12-13H2,2-3H3. The van der Waals surface area contributed by atoms with Gasteiger partial charge in [-0.2, -0.15) is 0 Å². The fourth-order valence-corrected chi connectivity index (χ4v) is 2.14. The summed E-state index contributed by atoms with van der Waals surface area (Å²) in [6.07, 6.45) is 3.69. The van der Waals surface area contributed by atoms with Crippen molar-refractivity contribution in [2.24, 2.45) is 5.92 Å². The molecule has 0 aromatic heterocycles. The molecule has 4 heteroatoms. The number of rotatable bonds is 9. The first-order chi connectivity index (χ1) is 10.6. The van der Waals surface area contributed by atoms with E-state index in [1.165, 1.54) is 5.56 Å². The SMILES string of the molecule is C=CCc1ccc(CCC(C(=O)OCC)C(=O)OCC)cc1. The van der Waals surface area contributed by atoms with Gasteiger partial charge in [0.15, 0.2) is 5.92 Å². The van der Waals surface area contributed by atoms with Gasteiger partial charge in [-0.1, -0.05) is 30.3 Å². The van der Waals surface area contributed by atoms with Gasteiger partial charge < -0.3 is 9.47 Å². The Bertz CT molecular complexity index is 472. The Morgan fingerprint density at radius 1 is 1.05 bits per heavy atom. The van der Waals surface area contributed by atoms with E-state index >= 15 is 0 Å². The average Bonchev–Trinajstić information content (AvgIpc) is 2.50. The summed E-state index contributed by atoms with van der Waals surface area (Å²) in [7, 11) is 0. The van der Waals surface area contributed by atoms with E-state index in [0.717, 1.165) is 12.0 Å². The van der Waals surface area contributed by atoms with Crippen molar-refractivity contribution in [3.63, 3.8) is 0 Å². The summed E-state index contributed by atoms with van der Waals surface area (Å²) in [5, 5.41) is 0. The summed E-state index contributed by atoms with van der Waals surface area (Å²) in [5.74, 6) is -1.87. The minimum atomic E-state index is -0.854. The quantitative estimate of drug-likeness (QED) is 0.400. The fourth-order valence-electron chi connectivity index (χ4n) is 2.14. The molecule has 0 unspecified atom stereocenters. The molecule has 0 aliphatic carbocycles. The van der Waals surface area contributed by atoms with Gasteiger partial charge in [0.1, 0.15) is 0 Å². The molecule has 0 atom stereocenters. The molecule has 0 bridgehead atoms. The first kappa shape index (κ1) is 18.0. The van der Waals surface area contributed by atoms with Crippen molar-refractivity contribution in [1.82, 2.24) is 0 Å². The second kappa shape index (κ2) is 9.77. The number of allylic oxidation sites excluding steroid dienone is 1. The lowest BCUT2D eigenvalue weighted by molar-refractivity contribution is -0.161. The Kier molecular flexibility index (Phi) is 7.97. The first-order valence-corrected chi connectivity index (χ1v) is 7.64. The Labute approximate surface area is 132 Å². The van der Waals surface area contributed by atoms with Crippen LogP contribution in [0.5, 0.6) is 0 Å². The number of ether oxygens (including phenoxy) is 2. The predicted octanol–water partition coefficient (Wildman–Crippen LogP) is 3.09. The maximum Gasteiger partial charge on any atom is 0.320 e. The lowest BCUT2D eigenvalue weighted by atomic mass is 9.98. The molecule has 22 heavy (non-hydrogen) atoms. The molecule has 0 aliphatic heterocycles. The zero-order chi connectivity index (χ0) is 16.4. The molecule has 0 spiro atoms. The number of carbonyl (C=O) groups excluding carboxylic acids is 2. The Morgan fingerprint density at radius 3 is 2.00 bits per heavy atom. The lowest BCUT2D eigenvalue weighted by Gasteiger charge is -2.14. The number of hydrogen-bond acceptors (Lipinski definition) is 4. The Balaban J connectivity index is 2.67. The number of esters is 2. The van der Waals surface area contributed by atoms with Crippen LogP contribution in [0.2, 0.25) is 0 Å². The molecule has 1 aromatic carbocycles. The third kappa shape index (κ3) is 5.72. The van der Waals surface area contributed by atoms with Crippen LogP contribution in [-0.4, -0.2) is 25.2 Å². The van der Waals surface area contributed by atoms with Crippen molar-refractivity contribution in [3.8, 4) is 0 Å². The van der Waals surface area contributed by atoms with Crippen LogP contribution in [0.25, 0.3) is 0 Å². The van der Waals surface area contributed by atoms with E-state index in [-0.39, 0.29) is 13.2 Å². The van der Waals surface area contributed by atoms with Crippen molar-refractivity contribution < 1.29 is 19.1 Å². The average molecular weight is 304 g/mol. The molecule has 1 rings (SSSR count). The summed E-state index contributed by atoms with van der Waals surface area (Å²) in [6, 6.07) is 8.07. The molecular weight excluding hydrogens is 280 g/mol. The van der Waals surface area contributed by atoms with Gasteiger partial charge in [0.25, 0.3) is 0 Å². The van der Waals surface area contributed by atoms with E-state index in [2.05, 4.69) is 6.58 Å². The second-order valence-electron chi connectivity index (χ2n) is 4.90. The maximum atomic E-state index is 11.9. The monoisotopic (exact) mass is 304 g/mol. The number of hydrogen-bond donors (Lipinski definition) is 0. The highest BCUT2D eigenvalue weighted by molar-refractivity contribution is 5.94. The van der Waals surface area contributed by atoms with Crippen molar-refractivity contribution in [3.05, 3.63) is 48.0 Å². The van der Waals surface area contributed by atoms with Gasteiger partial charge in [0.05, 0.1) is 13.2 Å². The molecule has 4 nitrogen and oxygen atoms in total. The van der Waals surface area contributed by atoms with E-state index < -0.39 is 17.9 Å². The summed E-state index contributed by atoms with van der Waals surface area (Å²) in [6.45, 7) is 7.66. The largest absolute Gasteiger partial charge is 0.465 e. The van der Waals surface area contributed by atoms with Crippen LogP contribution < -0.4 is 0 Å². The number of benzene rings is 1. The smallest absolute Gasteiger partial charge is 0.320 e. The molecule has 0 heterocycles. The summed E-state index contributed by atoms with van der Waals surface area (Å²) < 4.78 is 9.92. The van der Waals surface area contributed by atoms with Crippen LogP contribution in [0.4, 0.5) is 0 Å². The fraction of sp³-hybridized carbons (Fsp3) is 0.444. The molecular formula is C18H24O4. The van der Waals surface area contributed by atoms with Gasteiger partial charge in [-0.05, 0) is 44.2 Å². The number of aryl methyl sites for hydroxylation is 1. The summed E-state index contributed by atoms with van der Waals surface area (Å²) >= 11 is 0. The van der Waals surface area contributed by atoms with Gasteiger partial charge in [0.2, 0.25) is 0 Å². The van der Waals surface area contributed by atoms with E-state index in [1.54, 1.807) is 13.8 Å². The minimum absolute atomic E-state index is 0.255. The molecule has 0 amide bonds. The normalized spacial score (nSPS) is 10.3. The molecule has 0 fully saturated rings. The zero-order valence-electron chi connectivity index (χ0n) is 13.3. The highest BCUT2D eigenvalue weighted by atomic mass is 16.6. The van der Waals surface area contributed by atoms with Crippen LogP contribution in [-0.2, 0) is 31.9 Å². The molecule has 0 saturated heterocycles. The minimum Gasteiger partial charge on any atom is -0.465 e. The molecule has 0 radical (unpaired) electrons. The Hall–Kier alpha value is -2.10. The van der Waals surface area contributed by atoms with Crippen LogP contribution >= 0.6 is 0 Å². The number of carbonyl (C=O) groups is 2. The topological polar surface area (TPSA) is 52.6 Å². The third-order valence-electron chi connectivity index (χ3n) is 3.27. The maximum absolute atomic E-state index is 11.9. The highest BCUT2D eigenvalue weighted by Crippen LogP contribution is 2.15. The predicted molar refractivity (Wildman–Crippen MR) is 85.4 cm³/mol. The van der Waals surface area contributed by atoms with Crippen molar-refractivity contribution in [2.75, 3.05) is 13.2 Å². The lowest BCUT2D eigenvalue weighted by Crippen LogP contribution is -2.28. The Morgan fingerprint density at radius 2 is 1.55 bits per heavy atom. The molecule has 120 valence electrons. The van der Waals surface area contributed by atoms with E-state index in [9.17, 15) is 9.59 Å². The van der Waals surface area contributed by atoms with Gasteiger partial charge in [-0.15, -0.1) is 6.58 Å². The van der Waals surface area contributed by atoms with Crippen LogP contribution in [0, 0.1) is 5.92 Å². The molecule has 0 saturated carbocycles. The van der Waals surface area contributed by atoms with Gasteiger partial charge >= 0.3 is 11.9 Å². The summed E-state index contributed by atoms with van der Waals surface area (Å²) in [5.41, 5.74) is 2.26. The molecule has 0 N–H and O–H groups in total. The van der Waals surface area contributed by atoms with Crippen LogP contribution in [0.3, 0.4) is 0 Å². The van der Waals surface area contributed by atoms with E-state index in [4.69, 9.17) is 9.47 Å². The van der Waals surface area contributed by atoms with Gasteiger partial charge in [-0.3, -0.25) is 9.59 Å². The van der Waals surface area contributed by atoms with Crippen molar-refractivity contribution >= 4 is 11.9 Å².